The number of carbonyl (C=O) groups excluding carboxylic acids is 1. The van der Waals surface area contributed by atoms with Gasteiger partial charge >= 0.3 is 6.16 Å². The van der Waals surface area contributed by atoms with Crippen molar-refractivity contribution >= 4 is 23.1 Å². The van der Waals surface area contributed by atoms with Crippen molar-refractivity contribution in [2.24, 2.45) is 0 Å². The molecule has 130 valence electrons. The summed E-state index contributed by atoms with van der Waals surface area (Å²) < 4.78 is 16.5. The molecule has 11 heteroatoms. The second-order valence-corrected chi connectivity index (χ2v) is 5.12. The molecule has 1 aliphatic heterocycles. The lowest BCUT2D eigenvalue weighted by Crippen LogP contribution is -2.34. The van der Waals surface area contributed by atoms with E-state index in [0.29, 0.717) is 11.2 Å². The summed E-state index contributed by atoms with van der Waals surface area (Å²) >= 11 is 0. The molecule has 0 bridgehead atoms. The van der Waals surface area contributed by atoms with E-state index < -0.39 is 30.7 Å². The number of nitrogens with zero attached hydrogens (tertiary/aromatic N) is 4. The third-order valence-corrected chi connectivity index (χ3v) is 3.63. The summed E-state index contributed by atoms with van der Waals surface area (Å²) in [5.74, 6) is 0.189. The second-order valence-electron chi connectivity index (χ2n) is 5.12. The Bertz CT molecular complexity index is 737. The lowest BCUT2D eigenvalue weighted by atomic mass is 10.1. The number of aliphatic hydroxyl groups is 2. The molecule has 0 spiro atoms. The van der Waals surface area contributed by atoms with E-state index in [1.807, 2.05) is 0 Å². The van der Waals surface area contributed by atoms with Gasteiger partial charge in [0.15, 0.2) is 17.7 Å². The number of fused-ring (bicyclic) bond motifs is 1. The van der Waals surface area contributed by atoms with Crippen molar-refractivity contribution in [2.75, 3.05) is 18.9 Å². The normalized spacial score (nSPS) is 26.6. The molecule has 3 heterocycles. The number of carbonyl (C=O) groups is 1. The number of hydrogen-bond donors (Lipinski definition) is 3. The summed E-state index contributed by atoms with van der Waals surface area (Å²) in [6.45, 7) is 1.54. The number of aliphatic hydroxyl groups excluding tert-OH is 2. The van der Waals surface area contributed by atoms with Gasteiger partial charge in [-0.1, -0.05) is 0 Å². The molecule has 0 radical (unpaired) electrons. The van der Waals surface area contributed by atoms with Gasteiger partial charge in [0.1, 0.15) is 36.8 Å². The van der Waals surface area contributed by atoms with Crippen LogP contribution in [-0.4, -0.2) is 67.4 Å². The maximum absolute atomic E-state index is 11.2. The summed E-state index contributed by atoms with van der Waals surface area (Å²) in [5.41, 5.74) is 6.42. The van der Waals surface area contributed by atoms with Crippen LogP contribution in [0.4, 0.5) is 10.6 Å². The van der Waals surface area contributed by atoms with Crippen LogP contribution in [0, 0.1) is 0 Å². The molecule has 3 rings (SSSR count). The van der Waals surface area contributed by atoms with Gasteiger partial charge in [0.25, 0.3) is 0 Å². The van der Waals surface area contributed by atoms with Crippen molar-refractivity contribution in [3.05, 3.63) is 12.7 Å². The number of ether oxygens (including phenoxy) is 3. The Morgan fingerprint density at radius 2 is 2.12 bits per heavy atom. The van der Waals surface area contributed by atoms with E-state index in [0.717, 1.165) is 0 Å². The molecule has 0 unspecified atom stereocenters. The second kappa shape index (κ2) is 6.55. The Morgan fingerprint density at radius 3 is 2.88 bits per heavy atom. The van der Waals surface area contributed by atoms with E-state index in [2.05, 4.69) is 19.7 Å². The first-order chi connectivity index (χ1) is 11.5. The quantitative estimate of drug-likeness (QED) is 0.603. The van der Waals surface area contributed by atoms with E-state index in [4.69, 9.17) is 15.2 Å². The highest BCUT2D eigenvalue weighted by Gasteiger charge is 2.45. The van der Waals surface area contributed by atoms with Gasteiger partial charge in [-0.3, -0.25) is 4.57 Å². The first-order valence-electron chi connectivity index (χ1n) is 7.27. The minimum absolute atomic E-state index is 0.167. The number of nitrogens with two attached hydrogens (primary N) is 1. The zero-order chi connectivity index (χ0) is 17.3. The van der Waals surface area contributed by atoms with Crippen LogP contribution < -0.4 is 5.73 Å². The van der Waals surface area contributed by atoms with Crippen molar-refractivity contribution in [3.8, 4) is 0 Å². The molecule has 4 atom stereocenters. The van der Waals surface area contributed by atoms with Crippen LogP contribution in [0.5, 0.6) is 0 Å². The van der Waals surface area contributed by atoms with Gasteiger partial charge < -0.3 is 30.2 Å². The van der Waals surface area contributed by atoms with Crippen LogP contribution in [0.2, 0.25) is 0 Å². The van der Waals surface area contributed by atoms with Gasteiger partial charge in [-0.25, -0.2) is 19.7 Å². The molecule has 0 aliphatic carbocycles. The summed E-state index contributed by atoms with van der Waals surface area (Å²) in [7, 11) is 0. The fourth-order valence-electron chi connectivity index (χ4n) is 2.46. The van der Waals surface area contributed by atoms with Gasteiger partial charge in [0, 0.05) is 0 Å². The SMILES string of the molecule is CCOC(=O)OC[C@H]1O[C@@H](n2cnc3c(N)ncnc32)[C@H](O)[C@@H]1O. The van der Waals surface area contributed by atoms with Crippen LogP contribution in [0.3, 0.4) is 0 Å². The highest BCUT2D eigenvalue weighted by atomic mass is 16.7. The zero-order valence-corrected chi connectivity index (χ0v) is 12.8. The summed E-state index contributed by atoms with van der Waals surface area (Å²) in [5, 5.41) is 20.3. The van der Waals surface area contributed by atoms with Gasteiger partial charge in [0.05, 0.1) is 12.9 Å². The molecule has 11 nitrogen and oxygen atoms in total. The Kier molecular flexibility index (Phi) is 4.46. The molecular weight excluding hydrogens is 322 g/mol. The van der Waals surface area contributed by atoms with Gasteiger partial charge in [-0.05, 0) is 6.92 Å². The number of aromatic nitrogens is 4. The standard InChI is InChI=1S/C13H17N5O6/c1-2-22-13(21)23-3-6-8(19)9(20)12(24-6)18-5-17-7-10(14)15-4-16-11(7)18/h4-6,8-9,12,19-20H,2-3H2,1H3,(H2,14,15,16)/t6-,8-,9-,12-/m1/s1. The Morgan fingerprint density at radius 1 is 1.33 bits per heavy atom. The molecule has 1 fully saturated rings. The minimum Gasteiger partial charge on any atom is -0.435 e. The van der Waals surface area contributed by atoms with Crippen molar-refractivity contribution in [2.45, 2.75) is 31.5 Å². The molecule has 4 N–H and O–H groups in total. The van der Waals surface area contributed by atoms with Crippen molar-refractivity contribution in [1.29, 1.82) is 0 Å². The third kappa shape index (κ3) is 2.84. The number of hydrogen-bond acceptors (Lipinski definition) is 10. The molecule has 1 saturated heterocycles. The Hall–Kier alpha value is -2.50. The molecule has 0 amide bonds. The fraction of sp³-hybridized carbons (Fsp3) is 0.538. The summed E-state index contributed by atoms with van der Waals surface area (Å²) in [6, 6.07) is 0. The monoisotopic (exact) mass is 339 g/mol. The highest BCUT2D eigenvalue weighted by molar-refractivity contribution is 5.81. The van der Waals surface area contributed by atoms with Crippen LogP contribution in [0.25, 0.3) is 11.2 Å². The number of rotatable bonds is 4. The van der Waals surface area contributed by atoms with Gasteiger partial charge in [-0.15, -0.1) is 0 Å². The smallest absolute Gasteiger partial charge is 0.435 e. The molecule has 2 aromatic rings. The average Bonchev–Trinajstić information content (AvgIpc) is 3.10. The van der Waals surface area contributed by atoms with Crippen LogP contribution in [0.1, 0.15) is 13.2 Å². The first-order valence-corrected chi connectivity index (χ1v) is 7.27. The van der Waals surface area contributed by atoms with Crippen LogP contribution in [0.15, 0.2) is 12.7 Å². The highest BCUT2D eigenvalue weighted by Crippen LogP contribution is 2.32. The Balaban J connectivity index is 1.77. The maximum atomic E-state index is 11.2. The van der Waals surface area contributed by atoms with E-state index in [9.17, 15) is 15.0 Å². The molecular formula is C13H17N5O6. The number of anilines is 1. The lowest BCUT2D eigenvalue weighted by Gasteiger charge is -2.16. The molecule has 0 aromatic carbocycles. The molecule has 2 aromatic heterocycles. The van der Waals surface area contributed by atoms with Crippen molar-refractivity contribution in [3.63, 3.8) is 0 Å². The molecule has 0 saturated carbocycles. The van der Waals surface area contributed by atoms with Crippen molar-refractivity contribution < 1.29 is 29.2 Å². The van der Waals surface area contributed by atoms with E-state index >= 15 is 0 Å². The summed E-state index contributed by atoms with van der Waals surface area (Å²) in [4.78, 5) is 23.2. The Labute approximate surface area is 136 Å². The molecule has 24 heavy (non-hydrogen) atoms. The first kappa shape index (κ1) is 16.4. The predicted octanol–water partition coefficient (Wildman–Crippen LogP) is -0.799. The summed E-state index contributed by atoms with van der Waals surface area (Å²) in [6.07, 6.45) is -2.66. The van der Waals surface area contributed by atoms with E-state index in [1.54, 1.807) is 6.92 Å². The largest absolute Gasteiger partial charge is 0.508 e. The van der Waals surface area contributed by atoms with Gasteiger partial charge in [-0.2, -0.15) is 0 Å². The number of nitrogen functional groups attached to an aromatic ring is 1. The lowest BCUT2D eigenvalue weighted by molar-refractivity contribution is -0.0608. The fourth-order valence-corrected chi connectivity index (χ4v) is 2.46. The van der Waals surface area contributed by atoms with Crippen LogP contribution >= 0.6 is 0 Å². The van der Waals surface area contributed by atoms with Crippen LogP contribution in [-0.2, 0) is 14.2 Å². The van der Waals surface area contributed by atoms with Crippen molar-refractivity contribution in [1.82, 2.24) is 19.5 Å². The minimum atomic E-state index is -1.27. The predicted molar refractivity (Wildman–Crippen MR) is 78.6 cm³/mol. The van der Waals surface area contributed by atoms with E-state index in [1.165, 1.54) is 17.2 Å². The van der Waals surface area contributed by atoms with Gasteiger partial charge in [0.2, 0.25) is 0 Å². The average molecular weight is 339 g/mol. The maximum Gasteiger partial charge on any atom is 0.508 e. The molecule has 1 aliphatic rings. The topological polar surface area (TPSA) is 155 Å². The number of imidazole rings is 1. The van der Waals surface area contributed by atoms with E-state index in [-0.39, 0.29) is 19.0 Å². The zero-order valence-electron chi connectivity index (χ0n) is 12.8. The third-order valence-electron chi connectivity index (χ3n) is 3.63.